The smallest absolute Gasteiger partial charge is 0.416 e. The Hall–Kier alpha value is -2.33. The van der Waals surface area contributed by atoms with Crippen molar-refractivity contribution in [3.8, 4) is 0 Å². The number of likely N-dealkylation sites (tertiary alicyclic amines) is 1. The molecule has 3 atom stereocenters. The van der Waals surface area contributed by atoms with E-state index < -0.39 is 42.9 Å². The summed E-state index contributed by atoms with van der Waals surface area (Å²) < 4.78 is 79.9. The van der Waals surface area contributed by atoms with Gasteiger partial charge in [0.15, 0.2) is 0 Å². The molecule has 0 bridgehead atoms. The van der Waals surface area contributed by atoms with Gasteiger partial charge in [-0.2, -0.15) is 26.3 Å². The molecule has 1 aliphatic rings. The number of aliphatic carboxylic acids is 1. The number of benzene rings is 2. The van der Waals surface area contributed by atoms with E-state index in [4.69, 9.17) is 0 Å². The molecule has 3 rings (SSSR count). The van der Waals surface area contributed by atoms with Crippen molar-refractivity contribution in [2.45, 2.75) is 96.1 Å². The van der Waals surface area contributed by atoms with E-state index in [1.165, 1.54) is 24.3 Å². The van der Waals surface area contributed by atoms with Crippen LogP contribution in [0.15, 0.2) is 48.5 Å². The number of carboxylic acids is 1. The van der Waals surface area contributed by atoms with E-state index in [1.807, 2.05) is 0 Å². The Kier molecular flexibility index (Phi) is 10.1. The molecular weight excluding hydrogens is 560 g/mol. The van der Waals surface area contributed by atoms with Crippen LogP contribution in [0.1, 0.15) is 80.3 Å². The zero-order chi connectivity index (χ0) is 30.8. The van der Waals surface area contributed by atoms with Gasteiger partial charge in [0.05, 0.1) is 16.5 Å². The molecule has 1 N–H and O–H groups in total. The molecule has 228 valence electrons. The standard InChI is InChI=1S/C31H41F6NO2Si/c1-29(2,28(39)40)25-17-18-38(27(20-25)22-11-15-24(16-12-22)31(35,36)37)26(8-6-7-19-41(3,4)5)21-9-13-23(14-10-21)30(32,33)34/h9-16,25-27H,6-8,17-20H2,1-5H3,(H,39,40)/t25-,26-,27+/m1/s1. The Balaban J connectivity index is 2.02. The molecule has 0 aliphatic carbocycles. The molecule has 10 heteroatoms. The molecule has 0 unspecified atom stereocenters. The highest BCUT2D eigenvalue weighted by Crippen LogP contribution is 2.47. The molecule has 41 heavy (non-hydrogen) atoms. The average Bonchev–Trinajstić information content (AvgIpc) is 2.87. The Morgan fingerprint density at radius 1 is 0.902 bits per heavy atom. The van der Waals surface area contributed by atoms with E-state index in [0.29, 0.717) is 31.4 Å². The molecule has 0 saturated carbocycles. The summed E-state index contributed by atoms with van der Waals surface area (Å²) in [6.07, 6.45) is -5.46. The molecule has 0 spiro atoms. The van der Waals surface area contributed by atoms with Gasteiger partial charge < -0.3 is 5.11 Å². The van der Waals surface area contributed by atoms with Gasteiger partial charge in [-0.25, -0.2) is 0 Å². The van der Waals surface area contributed by atoms with Crippen LogP contribution in [0.2, 0.25) is 25.7 Å². The minimum Gasteiger partial charge on any atom is -0.481 e. The zero-order valence-corrected chi connectivity index (χ0v) is 25.4. The highest BCUT2D eigenvalue weighted by molar-refractivity contribution is 6.76. The molecule has 1 saturated heterocycles. The second-order valence-corrected chi connectivity index (χ2v) is 18.7. The number of carboxylic acid groups (broad SMARTS) is 1. The third-order valence-electron chi connectivity index (χ3n) is 8.52. The Bertz CT molecular complexity index is 1150. The summed E-state index contributed by atoms with van der Waals surface area (Å²) in [4.78, 5) is 14.3. The molecule has 1 fully saturated rings. The fraction of sp³-hybridized carbons (Fsp3) is 0.581. The number of rotatable bonds is 10. The first-order valence-corrected chi connectivity index (χ1v) is 17.8. The van der Waals surface area contributed by atoms with Gasteiger partial charge >= 0.3 is 18.3 Å². The fourth-order valence-corrected chi connectivity index (χ4v) is 7.13. The molecule has 3 nitrogen and oxygen atoms in total. The summed E-state index contributed by atoms with van der Waals surface area (Å²) in [6.45, 7) is 10.7. The monoisotopic (exact) mass is 601 g/mol. The van der Waals surface area contributed by atoms with Crippen LogP contribution in [-0.4, -0.2) is 30.6 Å². The van der Waals surface area contributed by atoms with Crippen molar-refractivity contribution >= 4 is 14.0 Å². The van der Waals surface area contributed by atoms with Crippen molar-refractivity contribution in [3.05, 3.63) is 70.8 Å². The van der Waals surface area contributed by atoms with Gasteiger partial charge in [-0.3, -0.25) is 9.69 Å². The van der Waals surface area contributed by atoms with Gasteiger partial charge in [-0.15, -0.1) is 0 Å². The largest absolute Gasteiger partial charge is 0.481 e. The van der Waals surface area contributed by atoms with Crippen molar-refractivity contribution in [1.82, 2.24) is 4.90 Å². The number of halogens is 6. The first-order chi connectivity index (χ1) is 18.8. The number of piperidine rings is 1. The van der Waals surface area contributed by atoms with Crippen molar-refractivity contribution in [2.24, 2.45) is 11.3 Å². The lowest BCUT2D eigenvalue weighted by Gasteiger charge is -2.47. The topological polar surface area (TPSA) is 40.5 Å². The molecule has 2 aromatic rings. The van der Waals surface area contributed by atoms with Gasteiger partial charge in [0.25, 0.3) is 0 Å². The summed E-state index contributed by atoms with van der Waals surface area (Å²) in [5.74, 6) is -1.17. The normalized spacial score (nSPS) is 20.2. The molecule has 0 radical (unpaired) electrons. The lowest BCUT2D eigenvalue weighted by molar-refractivity contribution is -0.152. The lowest BCUT2D eigenvalue weighted by atomic mass is 9.70. The molecule has 2 aromatic carbocycles. The van der Waals surface area contributed by atoms with Crippen molar-refractivity contribution < 1.29 is 36.2 Å². The summed E-state index contributed by atoms with van der Waals surface area (Å²) in [5.41, 5.74) is -1.18. The van der Waals surface area contributed by atoms with Crippen LogP contribution < -0.4 is 0 Å². The first kappa shape index (κ1) is 33.2. The van der Waals surface area contributed by atoms with E-state index in [1.54, 1.807) is 13.8 Å². The van der Waals surface area contributed by atoms with E-state index in [2.05, 4.69) is 24.5 Å². The average molecular weight is 602 g/mol. The molecule has 1 aliphatic heterocycles. The second-order valence-electron chi connectivity index (χ2n) is 13.1. The minimum atomic E-state index is -4.49. The van der Waals surface area contributed by atoms with Crippen LogP contribution in [0.3, 0.4) is 0 Å². The van der Waals surface area contributed by atoms with Gasteiger partial charge in [0.2, 0.25) is 0 Å². The van der Waals surface area contributed by atoms with E-state index in [-0.39, 0.29) is 18.0 Å². The number of unbranched alkanes of at least 4 members (excludes halogenated alkanes) is 1. The summed E-state index contributed by atoms with van der Waals surface area (Å²) in [6, 6.07) is 10.6. The zero-order valence-electron chi connectivity index (χ0n) is 24.4. The predicted octanol–water partition coefficient (Wildman–Crippen LogP) is 9.84. The summed E-state index contributed by atoms with van der Waals surface area (Å²) >= 11 is 0. The Morgan fingerprint density at radius 2 is 1.41 bits per heavy atom. The summed E-state index contributed by atoms with van der Waals surface area (Å²) in [5, 5.41) is 9.90. The molecule has 1 heterocycles. The van der Waals surface area contributed by atoms with Crippen LogP contribution in [0.4, 0.5) is 26.3 Å². The maximum atomic E-state index is 13.3. The Labute approximate surface area is 240 Å². The number of nitrogens with zero attached hydrogens (tertiary/aromatic N) is 1. The Morgan fingerprint density at radius 3 is 1.88 bits per heavy atom. The van der Waals surface area contributed by atoms with Crippen LogP contribution in [-0.2, 0) is 17.1 Å². The maximum absolute atomic E-state index is 13.3. The highest BCUT2D eigenvalue weighted by Gasteiger charge is 2.44. The van der Waals surface area contributed by atoms with E-state index in [0.717, 1.165) is 48.7 Å². The van der Waals surface area contributed by atoms with Gasteiger partial charge in [-0.05, 0) is 81.0 Å². The van der Waals surface area contributed by atoms with Crippen LogP contribution in [0, 0.1) is 11.3 Å². The maximum Gasteiger partial charge on any atom is 0.416 e. The fourth-order valence-electron chi connectivity index (χ4n) is 5.82. The van der Waals surface area contributed by atoms with Crippen LogP contribution in [0.25, 0.3) is 0 Å². The SMILES string of the molecule is CC(C)(C(=O)O)[C@@H]1CCN([C@H](CCCC[Si](C)(C)C)c2ccc(C(F)(F)F)cc2)[C@H](c2ccc(C(F)(F)F)cc2)C1. The first-order valence-electron chi connectivity index (χ1n) is 14.1. The highest BCUT2D eigenvalue weighted by atomic mass is 28.3. The summed E-state index contributed by atoms with van der Waals surface area (Å²) in [7, 11) is -1.29. The van der Waals surface area contributed by atoms with E-state index >= 15 is 0 Å². The number of hydrogen-bond donors (Lipinski definition) is 1. The number of alkyl halides is 6. The van der Waals surface area contributed by atoms with Crippen LogP contribution in [0.5, 0.6) is 0 Å². The predicted molar refractivity (Wildman–Crippen MR) is 151 cm³/mol. The quantitative estimate of drug-likeness (QED) is 0.167. The third-order valence-corrected chi connectivity index (χ3v) is 10.4. The molecule has 0 amide bonds. The van der Waals surface area contributed by atoms with Gasteiger partial charge in [0, 0.05) is 20.2 Å². The third kappa shape index (κ3) is 8.59. The van der Waals surface area contributed by atoms with Gasteiger partial charge in [0.1, 0.15) is 0 Å². The minimum absolute atomic E-state index is 0.233. The molecule has 0 aromatic heterocycles. The van der Waals surface area contributed by atoms with Crippen molar-refractivity contribution in [1.29, 1.82) is 0 Å². The van der Waals surface area contributed by atoms with E-state index in [9.17, 15) is 36.2 Å². The van der Waals surface area contributed by atoms with Gasteiger partial charge in [-0.1, -0.05) is 62.8 Å². The number of hydrogen-bond acceptors (Lipinski definition) is 2. The molecular formula is C31H41F6NO2Si. The second kappa shape index (κ2) is 12.5. The lowest BCUT2D eigenvalue weighted by Crippen LogP contribution is -2.45. The van der Waals surface area contributed by atoms with Crippen molar-refractivity contribution in [3.63, 3.8) is 0 Å². The van der Waals surface area contributed by atoms with Crippen LogP contribution >= 0.6 is 0 Å². The number of carbonyl (C=O) groups is 1. The van der Waals surface area contributed by atoms with Crippen molar-refractivity contribution in [2.75, 3.05) is 6.54 Å².